The first-order chi connectivity index (χ1) is 16.1. The van der Waals surface area contributed by atoms with Crippen LogP contribution in [-0.2, 0) is 30.6 Å². The van der Waals surface area contributed by atoms with E-state index >= 15 is 0 Å². The lowest BCUT2D eigenvalue weighted by Crippen LogP contribution is -2.15. The fraction of sp³-hybridized carbons (Fsp3) is 0.308. The molecule has 0 bridgehead atoms. The Bertz CT molecular complexity index is 1160. The van der Waals surface area contributed by atoms with E-state index in [0.29, 0.717) is 22.7 Å². The van der Waals surface area contributed by atoms with Crippen molar-refractivity contribution in [2.75, 3.05) is 11.9 Å². The van der Waals surface area contributed by atoms with Crippen molar-refractivity contribution < 1.29 is 23.5 Å². The molecule has 172 valence electrons. The molecule has 0 aliphatic heterocycles. The molecule has 1 N–H and O–H groups in total. The highest BCUT2D eigenvalue weighted by Gasteiger charge is 2.28. The van der Waals surface area contributed by atoms with E-state index in [1.807, 2.05) is 30.3 Å². The summed E-state index contributed by atoms with van der Waals surface area (Å²) in [5, 5.41) is 3.40. The molecule has 0 unspecified atom stereocenters. The van der Waals surface area contributed by atoms with E-state index in [1.165, 1.54) is 11.3 Å². The van der Waals surface area contributed by atoms with Gasteiger partial charge in [-0.25, -0.2) is 4.79 Å². The molecule has 6 nitrogen and oxygen atoms in total. The number of fused-ring (bicyclic) bond motifs is 1. The lowest BCUT2D eigenvalue weighted by molar-refractivity contribution is 0.0526. The van der Waals surface area contributed by atoms with Gasteiger partial charge in [0.25, 0.3) is 5.91 Å². The number of anilines is 1. The molecular formula is C26H27NO5S. The Morgan fingerprint density at radius 1 is 1.18 bits per heavy atom. The number of hydrogen-bond donors (Lipinski definition) is 1. The first kappa shape index (κ1) is 22.9. The van der Waals surface area contributed by atoms with Crippen LogP contribution in [0.1, 0.15) is 62.4 Å². The van der Waals surface area contributed by atoms with Gasteiger partial charge in [-0.2, -0.15) is 0 Å². The molecule has 1 aliphatic carbocycles. The highest BCUT2D eigenvalue weighted by Crippen LogP contribution is 2.39. The molecule has 1 aliphatic rings. The smallest absolute Gasteiger partial charge is 0.341 e. The Hall–Kier alpha value is -3.32. The third-order valence-corrected chi connectivity index (χ3v) is 6.68. The number of furan rings is 1. The minimum Gasteiger partial charge on any atom is -0.485 e. The Labute approximate surface area is 197 Å². The van der Waals surface area contributed by atoms with E-state index in [1.54, 1.807) is 19.1 Å². The van der Waals surface area contributed by atoms with Crippen molar-refractivity contribution in [3.8, 4) is 5.75 Å². The van der Waals surface area contributed by atoms with E-state index in [9.17, 15) is 9.59 Å². The van der Waals surface area contributed by atoms with Crippen LogP contribution in [0.15, 0.2) is 53.5 Å². The molecule has 1 aromatic carbocycles. The number of benzene rings is 1. The predicted octanol–water partition coefficient (Wildman–Crippen LogP) is 5.96. The van der Waals surface area contributed by atoms with Gasteiger partial charge in [-0.3, -0.25) is 4.79 Å². The van der Waals surface area contributed by atoms with E-state index in [2.05, 4.69) is 11.9 Å². The number of amides is 1. The number of thiophene rings is 1. The van der Waals surface area contributed by atoms with Crippen molar-refractivity contribution in [3.63, 3.8) is 0 Å². The second-order valence-corrected chi connectivity index (χ2v) is 8.85. The molecule has 0 saturated carbocycles. The SMILES string of the molecule is C=CCc1ccccc1OCc1ccc(C(=O)Nc2sc3c(c2C(=O)OCC)CCCC3)o1. The highest BCUT2D eigenvalue weighted by atomic mass is 32.1. The Kier molecular flexibility index (Phi) is 7.29. The number of hydrogen-bond acceptors (Lipinski definition) is 6. The molecule has 33 heavy (non-hydrogen) atoms. The van der Waals surface area contributed by atoms with Gasteiger partial charge in [-0.05, 0) is 68.4 Å². The number of nitrogens with one attached hydrogen (secondary N) is 1. The number of carbonyl (C=O) groups excluding carboxylic acids is 2. The largest absolute Gasteiger partial charge is 0.485 e. The van der Waals surface area contributed by atoms with Crippen LogP contribution >= 0.6 is 11.3 Å². The van der Waals surface area contributed by atoms with Crippen LogP contribution < -0.4 is 10.1 Å². The second-order valence-electron chi connectivity index (χ2n) is 7.74. The Morgan fingerprint density at radius 2 is 2.00 bits per heavy atom. The van der Waals surface area contributed by atoms with Crippen molar-refractivity contribution in [1.29, 1.82) is 0 Å². The third-order valence-electron chi connectivity index (χ3n) is 5.47. The predicted molar refractivity (Wildman–Crippen MR) is 128 cm³/mol. The second kappa shape index (κ2) is 10.5. The summed E-state index contributed by atoms with van der Waals surface area (Å²) >= 11 is 1.45. The molecule has 2 heterocycles. The van der Waals surface area contributed by atoms with E-state index in [4.69, 9.17) is 13.9 Å². The highest BCUT2D eigenvalue weighted by molar-refractivity contribution is 7.17. The van der Waals surface area contributed by atoms with Gasteiger partial charge in [0.1, 0.15) is 23.1 Å². The minimum absolute atomic E-state index is 0.161. The number of allylic oxidation sites excluding steroid dienone is 1. The summed E-state index contributed by atoms with van der Waals surface area (Å²) in [6.45, 7) is 6.03. The van der Waals surface area contributed by atoms with Crippen molar-refractivity contribution in [2.45, 2.75) is 45.6 Å². The van der Waals surface area contributed by atoms with Crippen LogP contribution in [0.2, 0.25) is 0 Å². The summed E-state index contributed by atoms with van der Waals surface area (Å²) in [7, 11) is 0. The van der Waals surface area contributed by atoms with Crippen molar-refractivity contribution in [2.24, 2.45) is 0 Å². The van der Waals surface area contributed by atoms with Crippen LogP contribution in [0, 0.1) is 0 Å². The van der Waals surface area contributed by atoms with Gasteiger partial charge < -0.3 is 19.2 Å². The van der Waals surface area contributed by atoms with E-state index < -0.39 is 5.91 Å². The van der Waals surface area contributed by atoms with Crippen LogP contribution in [-0.4, -0.2) is 18.5 Å². The lowest BCUT2D eigenvalue weighted by atomic mass is 9.95. The third kappa shape index (κ3) is 5.20. The van der Waals surface area contributed by atoms with Crippen molar-refractivity contribution >= 4 is 28.2 Å². The number of carbonyl (C=O) groups is 2. The molecule has 2 aromatic heterocycles. The lowest BCUT2D eigenvalue weighted by Gasteiger charge is -2.12. The molecule has 7 heteroatoms. The first-order valence-corrected chi connectivity index (χ1v) is 12.0. The monoisotopic (exact) mass is 465 g/mol. The van der Waals surface area contributed by atoms with Gasteiger partial charge in [0, 0.05) is 4.88 Å². The molecule has 0 fully saturated rings. The topological polar surface area (TPSA) is 77.8 Å². The standard InChI is InChI=1S/C26H27NO5S/c1-3-9-17-10-5-7-12-20(17)31-16-18-14-15-21(32-18)24(28)27-25-23(26(29)30-4-2)19-11-6-8-13-22(19)33-25/h3,5,7,10,12,14-15H,1,4,6,8-9,11,13,16H2,2H3,(H,27,28). The van der Waals surface area contributed by atoms with Gasteiger partial charge in [0.05, 0.1) is 12.2 Å². The Balaban J connectivity index is 1.47. The zero-order chi connectivity index (χ0) is 23.2. The van der Waals surface area contributed by atoms with Crippen LogP contribution in [0.5, 0.6) is 5.75 Å². The van der Waals surface area contributed by atoms with E-state index in [-0.39, 0.29) is 24.9 Å². The fourth-order valence-corrected chi connectivity index (χ4v) is 5.21. The molecule has 0 atom stereocenters. The average Bonchev–Trinajstić information content (AvgIpc) is 3.43. The average molecular weight is 466 g/mol. The molecular weight excluding hydrogens is 438 g/mol. The number of ether oxygens (including phenoxy) is 2. The quantitative estimate of drug-likeness (QED) is 0.312. The maximum atomic E-state index is 12.9. The maximum Gasteiger partial charge on any atom is 0.341 e. The van der Waals surface area contributed by atoms with Crippen LogP contribution in [0.4, 0.5) is 5.00 Å². The first-order valence-electron chi connectivity index (χ1n) is 11.1. The molecule has 3 aromatic rings. The molecule has 0 radical (unpaired) electrons. The van der Waals surface area contributed by atoms with Crippen molar-refractivity contribution in [1.82, 2.24) is 0 Å². The summed E-state index contributed by atoms with van der Waals surface area (Å²) < 4.78 is 16.9. The fourth-order valence-electron chi connectivity index (χ4n) is 3.93. The van der Waals surface area contributed by atoms with E-state index in [0.717, 1.165) is 47.4 Å². The van der Waals surface area contributed by atoms with Gasteiger partial charge in [-0.1, -0.05) is 24.3 Å². The van der Waals surface area contributed by atoms with Gasteiger partial charge in [0.15, 0.2) is 5.76 Å². The number of para-hydroxylation sites is 1. The number of rotatable bonds is 9. The maximum absolute atomic E-state index is 12.9. The zero-order valence-electron chi connectivity index (χ0n) is 18.6. The molecule has 1 amide bonds. The molecule has 4 rings (SSSR count). The van der Waals surface area contributed by atoms with Gasteiger partial charge in [0.2, 0.25) is 0 Å². The number of esters is 1. The van der Waals surface area contributed by atoms with Crippen LogP contribution in [0.3, 0.4) is 0 Å². The zero-order valence-corrected chi connectivity index (χ0v) is 19.5. The van der Waals surface area contributed by atoms with Gasteiger partial charge in [-0.15, -0.1) is 17.9 Å². The summed E-state index contributed by atoms with van der Waals surface area (Å²) in [5.74, 6) is 0.651. The van der Waals surface area contributed by atoms with Gasteiger partial charge >= 0.3 is 5.97 Å². The summed E-state index contributed by atoms with van der Waals surface area (Å²) in [5.41, 5.74) is 2.52. The molecule has 0 spiro atoms. The Morgan fingerprint density at radius 3 is 2.82 bits per heavy atom. The summed E-state index contributed by atoms with van der Waals surface area (Å²) in [6.07, 6.45) is 6.38. The summed E-state index contributed by atoms with van der Waals surface area (Å²) in [6, 6.07) is 11.1. The van der Waals surface area contributed by atoms with Crippen molar-refractivity contribution in [3.05, 3.63) is 82.1 Å². The minimum atomic E-state index is -0.405. The normalized spacial score (nSPS) is 12.6. The van der Waals surface area contributed by atoms with Crippen LogP contribution in [0.25, 0.3) is 0 Å². The molecule has 0 saturated heterocycles. The number of aryl methyl sites for hydroxylation is 1. The summed E-state index contributed by atoms with van der Waals surface area (Å²) in [4.78, 5) is 26.6.